The largest absolute Gasteiger partial charge is 0.493 e. The Morgan fingerprint density at radius 2 is 1.52 bits per heavy atom. The fraction of sp³-hybridized carbons (Fsp3) is 0.769. The number of ether oxygens (including phenoxy) is 2. The zero-order valence-corrected chi connectivity index (χ0v) is 18.5. The highest BCUT2D eigenvalue weighted by atomic mass is 16.6. The normalized spacial score (nSPS) is 21.6. The summed E-state index contributed by atoms with van der Waals surface area (Å²) in [6, 6.07) is 6.53. The van der Waals surface area contributed by atoms with Crippen LogP contribution in [0, 0.1) is 0 Å². The van der Waals surface area contributed by atoms with E-state index < -0.39 is 0 Å². The Balaban J connectivity index is 1.42. The van der Waals surface area contributed by atoms with E-state index in [1.807, 2.05) is 0 Å². The molecule has 0 spiro atoms. The lowest BCUT2D eigenvalue weighted by atomic mass is 9.93. The van der Waals surface area contributed by atoms with Crippen LogP contribution in [0.5, 0.6) is 5.75 Å². The van der Waals surface area contributed by atoms with Crippen molar-refractivity contribution in [3.05, 3.63) is 29.3 Å². The average molecular weight is 403 g/mol. The van der Waals surface area contributed by atoms with E-state index in [2.05, 4.69) is 25.1 Å². The first-order valence-electron chi connectivity index (χ1n) is 12.4. The quantitative estimate of drug-likeness (QED) is 0.252. The van der Waals surface area contributed by atoms with Crippen molar-refractivity contribution in [2.75, 3.05) is 13.2 Å². The van der Waals surface area contributed by atoms with E-state index in [0.717, 1.165) is 24.3 Å². The van der Waals surface area contributed by atoms with Crippen LogP contribution in [0.15, 0.2) is 18.2 Å². The smallest absolute Gasteiger partial charge is 0.128 e. The number of unbranched alkanes of at least 4 members (excludes halogenated alkanes) is 9. The topological polar surface area (TPSA) is 42.0 Å². The molecule has 2 atom stereocenters. The molecule has 1 aliphatic carbocycles. The highest BCUT2D eigenvalue weighted by Crippen LogP contribution is 2.47. The SMILES string of the molecule is CCCCCCCCCCCCOc1c(C2CCCC2)cccc1C1OC1CO. The third-order valence-electron chi connectivity index (χ3n) is 6.68. The Labute approximate surface area is 178 Å². The number of epoxide rings is 1. The fourth-order valence-corrected chi connectivity index (χ4v) is 4.84. The van der Waals surface area contributed by atoms with Crippen molar-refractivity contribution in [1.29, 1.82) is 0 Å². The molecule has 0 amide bonds. The fourth-order valence-electron chi connectivity index (χ4n) is 4.84. The van der Waals surface area contributed by atoms with Crippen molar-refractivity contribution in [3.63, 3.8) is 0 Å². The van der Waals surface area contributed by atoms with Crippen LogP contribution in [0.4, 0.5) is 0 Å². The van der Waals surface area contributed by atoms with Gasteiger partial charge in [0.25, 0.3) is 0 Å². The molecule has 2 aliphatic rings. The number of hydrogen-bond acceptors (Lipinski definition) is 3. The van der Waals surface area contributed by atoms with E-state index in [0.29, 0.717) is 5.92 Å². The van der Waals surface area contributed by atoms with E-state index in [4.69, 9.17) is 9.47 Å². The number of benzene rings is 1. The summed E-state index contributed by atoms with van der Waals surface area (Å²) in [7, 11) is 0. The molecule has 1 aromatic rings. The molecular weight excluding hydrogens is 360 g/mol. The third kappa shape index (κ3) is 7.00. The third-order valence-corrected chi connectivity index (χ3v) is 6.68. The molecule has 0 aromatic heterocycles. The van der Waals surface area contributed by atoms with E-state index in [1.54, 1.807) is 0 Å². The van der Waals surface area contributed by atoms with Gasteiger partial charge in [-0.05, 0) is 30.7 Å². The van der Waals surface area contributed by atoms with Gasteiger partial charge in [-0.2, -0.15) is 0 Å². The maximum atomic E-state index is 9.42. The van der Waals surface area contributed by atoms with Crippen molar-refractivity contribution < 1.29 is 14.6 Å². The maximum Gasteiger partial charge on any atom is 0.128 e. The van der Waals surface area contributed by atoms with Gasteiger partial charge in [0.2, 0.25) is 0 Å². The maximum absolute atomic E-state index is 9.42. The Morgan fingerprint density at radius 3 is 2.14 bits per heavy atom. The minimum Gasteiger partial charge on any atom is -0.493 e. The second kappa shape index (κ2) is 12.6. The number of para-hydroxylation sites is 1. The summed E-state index contributed by atoms with van der Waals surface area (Å²) >= 11 is 0. The molecule has 3 rings (SSSR count). The number of aliphatic hydroxyl groups is 1. The van der Waals surface area contributed by atoms with Crippen molar-refractivity contribution in [1.82, 2.24) is 0 Å². The van der Waals surface area contributed by atoms with E-state index >= 15 is 0 Å². The lowest BCUT2D eigenvalue weighted by molar-refractivity contribution is 0.241. The standard InChI is InChI=1S/C26H42O3/c1-2-3-4-5-6-7-8-9-10-13-19-28-25-22(21-15-11-12-16-21)17-14-18-23(25)26-24(20-27)29-26/h14,17-18,21,24,26-27H,2-13,15-16,19-20H2,1H3. The summed E-state index contributed by atoms with van der Waals surface area (Å²) in [4.78, 5) is 0. The van der Waals surface area contributed by atoms with Gasteiger partial charge in [-0.25, -0.2) is 0 Å². The molecule has 1 saturated heterocycles. The Kier molecular flexibility index (Phi) is 9.82. The van der Waals surface area contributed by atoms with E-state index in [-0.39, 0.29) is 18.8 Å². The summed E-state index contributed by atoms with van der Waals surface area (Å²) in [6.07, 6.45) is 18.6. The predicted octanol–water partition coefficient (Wildman–Crippen LogP) is 7.08. The van der Waals surface area contributed by atoms with Crippen LogP contribution < -0.4 is 4.74 Å². The first-order chi connectivity index (χ1) is 14.3. The lowest BCUT2D eigenvalue weighted by Gasteiger charge is -2.19. The lowest BCUT2D eigenvalue weighted by Crippen LogP contribution is -2.06. The van der Waals surface area contributed by atoms with Gasteiger partial charge in [-0.3, -0.25) is 0 Å². The minimum absolute atomic E-state index is 0.0176. The van der Waals surface area contributed by atoms with Crippen molar-refractivity contribution in [3.8, 4) is 5.75 Å². The van der Waals surface area contributed by atoms with Gasteiger partial charge in [0.05, 0.1) is 13.2 Å². The molecule has 3 nitrogen and oxygen atoms in total. The van der Waals surface area contributed by atoms with Crippen LogP contribution in [0.3, 0.4) is 0 Å². The van der Waals surface area contributed by atoms with Gasteiger partial charge in [-0.15, -0.1) is 0 Å². The van der Waals surface area contributed by atoms with E-state index in [9.17, 15) is 5.11 Å². The molecule has 2 fully saturated rings. The van der Waals surface area contributed by atoms with Crippen LogP contribution in [-0.4, -0.2) is 24.4 Å². The van der Waals surface area contributed by atoms with Crippen molar-refractivity contribution in [2.24, 2.45) is 0 Å². The highest BCUT2D eigenvalue weighted by Gasteiger charge is 2.42. The van der Waals surface area contributed by atoms with Crippen molar-refractivity contribution >= 4 is 0 Å². The zero-order valence-electron chi connectivity index (χ0n) is 18.5. The average Bonchev–Trinajstić information content (AvgIpc) is 3.33. The Bertz CT molecular complexity index is 579. The van der Waals surface area contributed by atoms with Gasteiger partial charge in [0.1, 0.15) is 18.0 Å². The predicted molar refractivity (Wildman–Crippen MR) is 120 cm³/mol. The summed E-state index contributed by atoms with van der Waals surface area (Å²) in [5.41, 5.74) is 2.53. The summed E-state index contributed by atoms with van der Waals surface area (Å²) < 4.78 is 12.1. The minimum atomic E-state index is -0.0477. The second-order valence-corrected chi connectivity index (χ2v) is 9.06. The molecule has 1 aliphatic heterocycles. The molecule has 29 heavy (non-hydrogen) atoms. The Hall–Kier alpha value is -1.06. The number of rotatable bonds is 15. The first kappa shape index (κ1) is 22.6. The zero-order chi connectivity index (χ0) is 20.3. The van der Waals surface area contributed by atoms with Crippen molar-refractivity contribution in [2.45, 2.75) is 115 Å². The highest BCUT2D eigenvalue weighted by molar-refractivity contribution is 5.46. The number of hydrogen-bond donors (Lipinski definition) is 1. The van der Waals surface area contributed by atoms with Gasteiger partial charge in [0, 0.05) is 5.56 Å². The molecule has 164 valence electrons. The van der Waals surface area contributed by atoms with Crippen LogP contribution in [-0.2, 0) is 4.74 Å². The van der Waals surface area contributed by atoms with E-state index in [1.165, 1.54) is 89.0 Å². The first-order valence-corrected chi connectivity index (χ1v) is 12.4. The van der Waals surface area contributed by atoms with Crippen LogP contribution in [0.1, 0.15) is 120 Å². The van der Waals surface area contributed by atoms with Crippen LogP contribution in [0.2, 0.25) is 0 Å². The van der Waals surface area contributed by atoms with Crippen LogP contribution >= 0.6 is 0 Å². The Morgan fingerprint density at radius 1 is 0.897 bits per heavy atom. The van der Waals surface area contributed by atoms with Gasteiger partial charge in [0.15, 0.2) is 0 Å². The van der Waals surface area contributed by atoms with Crippen LogP contribution in [0.25, 0.3) is 0 Å². The molecule has 0 bridgehead atoms. The molecule has 3 heteroatoms. The molecular formula is C26H42O3. The second-order valence-electron chi connectivity index (χ2n) is 9.06. The molecule has 2 unspecified atom stereocenters. The van der Waals surface area contributed by atoms with Gasteiger partial charge in [-0.1, -0.05) is 95.8 Å². The molecule has 1 N–H and O–H groups in total. The summed E-state index contributed by atoms with van der Waals surface area (Å²) in [6.45, 7) is 3.17. The molecule has 1 heterocycles. The monoisotopic (exact) mass is 402 g/mol. The molecule has 0 radical (unpaired) electrons. The summed E-state index contributed by atoms with van der Waals surface area (Å²) in [5.74, 6) is 1.69. The summed E-state index contributed by atoms with van der Waals surface area (Å²) in [5, 5.41) is 9.42. The molecule has 1 saturated carbocycles. The number of aliphatic hydroxyl groups excluding tert-OH is 1. The van der Waals surface area contributed by atoms with Gasteiger partial charge < -0.3 is 14.6 Å². The molecule has 1 aromatic carbocycles. The van der Waals surface area contributed by atoms with Gasteiger partial charge >= 0.3 is 0 Å².